The summed E-state index contributed by atoms with van der Waals surface area (Å²) >= 11 is 0. The lowest BCUT2D eigenvalue weighted by Gasteiger charge is -2.22. The molecule has 1 aliphatic heterocycles. The highest BCUT2D eigenvalue weighted by Crippen LogP contribution is 2.35. The molecular formula is C16H20FN3O. The molecule has 0 amide bonds. The maximum absolute atomic E-state index is 13.7. The number of aryl methyl sites for hydroxylation is 1. The minimum atomic E-state index is -0.246. The molecule has 0 aliphatic carbocycles. The molecule has 1 aromatic heterocycles. The molecule has 1 atom stereocenters. The SMILES string of the molecule is CCCC1(c2nc(-c3ccc(C)c(F)c3)no2)CCNC1. The summed E-state index contributed by atoms with van der Waals surface area (Å²) in [7, 11) is 0. The van der Waals surface area contributed by atoms with Crippen LogP contribution >= 0.6 is 0 Å². The predicted octanol–water partition coefficient (Wildman–Crippen LogP) is 3.22. The summed E-state index contributed by atoms with van der Waals surface area (Å²) in [5.41, 5.74) is 1.21. The molecule has 0 radical (unpaired) electrons. The molecule has 1 unspecified atom stereocenters. The van der Waals surface area contributed by atoms with Gasteiger partial charge in [0.2, 0.25) is 11.7 Å². The van der Waals surface area contributed by atoms with Crippen LogP contribution in [0.5, 0.6) is 0 Å². The maximum atomic E-state index is 13.7. The molecule has 1 N–H and O–H groups in total. The summed E-state index contributed by atoms with van der Waals surface area (Å²) in [4.78, 5) is 4.54. The zero-order chi connectivity index (χ0) is 14.9. The van der Waals surface area contributed by atoms with E-state index in [-0.39, 0.29) is 11.2 Å². The van der Waals surface area contributed by atoms with Crippen molar-refractivity contribution in [3.63, 3.8) is 0 Å². The van der Waals surface area contributed by atoms with E-state index < -0.39 is 0 Å². The van der Waals surface area contributed by atoms with Crippen molar-refractivity contribution in [1.29, 1.82) is 0 Å². The van der Waals surface area contributed by atoms with Gasteiger partial charge in [-0.05, 0) is 37.9 Å². The monoisotopic (exact) mass is 289 g/mol. The summed E-state index contributed by atoms with van der Waals surface area (Å²) in [6.07, 6.45) is 3.09. The van der Waals surface area contributed by atoms with Crippen molar-refractivity contribution in [2.45, 2.75) is 38.5 Å². The van der Waals surface area contributed by atoms with E-state index in [2.05, 4.69) is 22.4 Å². The predicted molar refractivity (Wildman–Crippen MR) is 78.5 cm³/mol. The number of nitrogens with zero attached hydrogens (tertiary/aromatic N) is 2. The van der Waals surface area contributed by atoms with Crippen molar-refractivity contribution in [3.05, 3.63) is 35.5 Å². The van der Waals surface area contributed by atoms with E-state index in [1.54, 1.807) is 13.0 Å². The molecule has 112 valence electrons. The number of rotatable bonds is 4. The van der Waals surface area contributed by atoms with E-state index in [1.807, 2.05) is 6.07 Å². The minimum absolute atomic E-state index is 0.0662. The number of hydrogen-bond donors (Lipinski definition) is 1. The van der Waals surface area contributed by atoms with Gasteiger partial charge in [0.15, 0.2) is 0 Å². The van der Waals surface area contributed by atoms with Crippen molar-refractivity contribution in [1.82, 2.24) is 15.5 Å². The topological polar surface area (TPSA) is 51.0 Å². The van der Waals surface area contributed by atoms with Crippen molar-refractivity contribution in [2.75, 3.05) is 13.1 Å². The van der Waals surface area contributed by atoms with Crippen LogP contribution in [0.15, 0.2) is 22.7 Å². The van der Waals surface area contributed by atoms with Gasteiger partial charge in [0, 0.05) is 12.1 Å². The van der Waals surface area contributed by atoms with Crippen LogP contribution in [-0.4, -0.2) is 23.2 Å². The van der Waals surface area contributed by atoms with Crippen molar-refractivity contribution >= 4 is 0 Å². The second kappa shape index (κ2) is 5.56. The summed E-state index contributed by atoms with van der Waals surface area (Å²) < 4.78 is 19.2. The van der Waals surface area contributed by atoms with Crippen LogP contribution in [0, 0.1) is 12.7 Å². The van der Waals surface area contributed by atoms with E-state index in [9.17, 15) is 4.39 Å². The molecule has 4 nitrogen and oxygen atoms in total. The number of halogens is 1. The molecule has 1 aliphatic rings. The molecule has 1 aromatic carbocycles. The number of hydrogen-bond acceptors (Lipinski definition) is 4. The fraction of sp³-hybridized carbons (Fsp3) is 0.500. The zero-order valence-electron chi connectivity index (χ0n) is 12.4. The van der Waals surface area contributed by atoms with Gasteiger partial charge >= 0.3 is 0 Å². The van der Waals surface area contributed by atoms with Crippen molar-refractivity contribution < 1.29 is 8.91 Å². The van der Waals surface area contributed by atoms with Gasteiger partial charge in [-0.15, -0.1) is 0 Å². The van der Waals surface area contributed by atoms with Gasteiger partial charge in [0.05, 0.1) is 5.41 Å². The van der Waals surface area contributed by atoms with Crippen LogP contribution in [0.25, 0.3) is 11.4 Å². The van der Waals surface area contributed by atoms with Crippen LogP contribution in [-0.2, 0) is 5.41 Å². The largest absolute Gasteiger partial charge is 0.338 e. The van der Waals surface area contributed by atoms with Gasteiger partial charge < -0.3 is 9.84 Å². The molecule has 1 saturated heterocycles. The van der Waals surface area contributed by atoms with Crippen LogP contribution in [0.2, 0.25) is 0 Å². The minimum Gasteiger partial charge on any atom is -0.338 e. The van der Waals surface area contributed by atoms with Crippen LogP contribution < -0.4 is 5.32 Å². The molecule has 5 heteroatoms. The van der Waals surface area contributed by atoms with Crippen LogP contribution in [0.4, 0.5) is 4.39 Å². The lowest BCUT2D eigenvalue weighted by Crippen LogP contribution is -2.29. The Morgan fingerprint density at radius 1 is 1.43 bits per heavy atom. The van der Waals surface area contributed by atoms with Crippen LogP contribution in [0.1, 0.15) is 37.6 Å². The molecule has 1 fully saturated rings. The first kappa shape index (κ1) is 14.2. The maximum Gasteiger partial charge on any atom is 0.234 e. The standard InChI is InChI=1S/C16H20FN3O/c1-3-6-16(7-8-18-10-16)15-19-14(20-21-15)12-5-4-11(2)13(17)9-12/h4-5,9,18H,3,6-8,10H2,1-2H3. The third-order valence-corrected chi connectivity index (χ3v) is 4.28. The molecule has 0 spiro atoms. The van der Waals surface area contributed by atoms with E-state index in [1.165, 1.54) is 6.07 Å². The molecule has 2 heterocycles. The number of nitrogens with one attached hydrogen (secondary N) is 1. The number of benzene rings is 1. The Labute approximate surface area is 123 Å². The van der Waals surface area contributed by atoms with Gasteiger partial charge in [-0.25, -0.2) is 4.39 Å². The lowest BCUT2D eigenvalue weighted by atomic mass is 9.82. The van der Waals surface area contributed by atoms with Crippen molar-refractivity contribution in [2.24, 2.45) is 0 Å². The Balaban J connectivity index is 1.93. The normalized spacial score (nSPS) is 21.9. The van der Waals surface area contributed by atoms with Gasteiger partial charge in [-0.2, -0.15) is 4.98 Å². The fourth-order valence-electron chi connectivity index (χ4n) is 3.01. The third kappa shape index (κ3) is 2.58. The van der Waals surface area contributed by atoms with Crippen LogP contribution in [0.3, 0.4) is 0 Å². The van der Waals surface area contributed by atoms with Gasteiger partial charge in [-0.3, -0.25) is 0 Å². The second-order valence-corrected chi connectivity index (χ2v) is 5.84. The second-order valence-electron chi connectivity index (χ2n) is 5.84. The van der Waals surface area contributed by atoms with E-state index in [4.69, 9.17) is 4.52 Å². The van der Waals surface area contributed by atoms with E-state index in [0.717, 1.165) is 32.4 Å². The summed E-state index contributed by atoms with van der Waals surface area (Å²) in [6.45, 7) is 5.73. The quantitative estimate of drug-likeness (QED) is 0.939. The highest BCUT2D eigenvalue weighted by atomic mass is 19.1. The molecule has 2 aromatic rings. The van der Waals surface area contributed by atoms with E-state index in [0.29, 0.717) is 22.8 Å². The molecule has 0 bridgehead atoms. The van der Waals surface area contributed by atoms with Gasteiger partial charge in [0.1, 0.15) is 5.82 Å². The first-order chi connectivity index (χ1) is 10.1. The molecule has 0 saturated carbocycles. The lowest BCUT2D eigenvalue weighted by molar-refractivity contribution is 0.277. The van der Waals surface area contributed by atoms with E-state index >= 15 is 0 Å². The Morgan fingerprint density at radius 2 is 2.29 bits per heavy atom. The summed E-state index contributed by atoms with van der Waals surface area (Å²) in [5, 5.41) is 7.42. The Hall–Kier alpha value is -1.75. The summed E-state index contributed by atoms with van der Waals surface area (Å²) in [6, 6.07) is 5.02. The van der Waals surface area contributed by atoms with Crippen molar-refractivity contribution in [3.8, 4) is 11.4 Å². The highest BCUT2D eigenvalue weighted by Gasteiger charge is 2.40. The first-order valence-electron chi connectivity index (χ1n) is 7.46. The van der Waals surface area contributed by atoms with Gasteiger partial charge in [0.25, 0.3) is 0 Å². The Morgan fingerprint density at radius 3 is 2.95 bits per heavy atom. The fourth-order valence-corrected chi connectivity index (χ4v) is 3.01. The van der Waals surface area contributed by atoms with Gasteiger partial charge in [-0.1, -0.05) is 30.6 Å². The molecule has 21 heavy (non-hydrogen) atoms. The average Bonchev–Trinajstić information content (AvgIpc) is 3.12. The molecule has 3 rings (SSSR count). The third-order valence-electron chi connectivity index (χ3n) is 4.28. The Bertz CT molecular complexity index is 632. The number of aromatic nitrogens is 2. The highest BCUT2D eigenvalue weighted by molar-refractivity contribution is 5.55. The first-order valence-corrected chi connectivity index (χ1v) is 7.46. The zero-order valence-corrected chi connectivity index (χ0v) is 12.4. The molecular weight excluding hydrogens is 269 g/mol. The smallest absolute Gasteiger partial charge is 0.234 e. The summed E-state index contributed by atoms with van der Waals surface area (Å²) in [5.74, 6) is 0.890. The Kier molecular flexibility index (Phi) is 3.76. The average molecular weight is 289 g/mol.